The normalized spacial score (nSPS) is 20.8. The second-order valence-corrected chi connectivity index (χ2v) is 4.89. The van der Waals surface area contributed by atoms with Crippen LogP contribution in [-0.2, 0) is 4.74 Å². The van der Waals surface area contributed by atoms with Crippen molar-refractivity contribution in [3.05, 3.63) is 0 Å². The summed E-state index contributed by atoms with van der Waals surface area (Å²) in [7, 11) is 1.76. The van der Waals surface area contributed by atoms with Gasteiger partial charge in [-0.1, -0.05) is 20.3 Å². The summed E-state index contributed by atoms with van der Waals surface area (Å²) in [5.41, 5.74) is 0.656. The molecular formula is C12H25NO. The number of rotatable bonds is 8. The summed E-state index contributed by atoms with van der Waals surface area (Å²) < 4.78 is 5.02. The lowest BCUT2D eigenvalue weighted by Gasteiger charge is -2.19. The molecule has 1 atom stereocenters. The summed E-state index contributed by atoms with van der Waals surface area (Å²) in [5, 5.41) is 3.49. The molecule has 1 rings (SSSR count). The van der Waals surface area contributed by atoms with Crippen molar-refractivity contribution in [3.63, 3.8) is 0 Å². The second kappa shape index (κ2) is 5.72. The molecule has 1 fully saturated rings. The molecule has 0 saturated heterocycles. The molecule has 1 aliphatic rings. The first kappa shape index (κ1) is 12.0. The molecule has 1 saturated carbocycles. The Morgan fingerprint density at radius 3 is 2.64 bits per heavy atom. The Morgan fingerprint density at radius 2 is 2.14 bits per heavy atom. The number of hydrogen-bond acceptors (Lipinski definition) is 2. The van der Waals surface area contributed by atoms with Gasteiger partial charge in [-0.25, -0.2) is 0 Å². The zero-order chi connectivity index (χ0) is 10.4. The molecular weight excluding hydrogens is 174 g/mol. The Morgan fingerprint density at radius 1 is 1.43 bits per heavy atom. The molecule has 2 nitrogen and oxygen atoms in total. The van der Waals surface area contributed by atoms with Crippen LogP contribution < -0.4 is 5.32 Å². The molecule has 0 spiro atoms. The summed E-state index contributed by atoms with van der Waals surface area (Å²) in [6.45, 7) is 7.69. The van der Waals surface area contributed by atoms with Gasteiger partial charge in [-0.05, 0) is 30.6 Å². The van der Waals surface area contributed by atoms with E-state index in [1.807, 2.05) is 0 Å². The summed E-state index contributed by atoms with van der Waals surface area (Å²) >= 11 is 0. The molecule has 1 unspecified atom stereocenters. The Kier molecular flexibility index (Phi) is 4.90. The van der Waals surface area contributed by atoms with Crippen LogP contribution in [0.15, 0.2) is 0 Å². The first-order chi connectivity index (χ1) is 6.72. The van der Waals surface area contributed by atoms with E-state index in [9.17, 15) is 0 Å². The van der Waals surface area contributed by atoms with Crippen molar-refractivity contribution in [1.82, 2.24) is 5.32 Å². The van der Waals surface area contributed by atoms with Gasteiger partial charge in [0, 0.05) is 20.2 Å². The molecule has 2 heteroatoms. The quantitative estimate of drug-likeness (QED) is 0.606. The number of methoxy groups -OCH3 is 1. The van der Waals surface area contributed by atoms with Crippen molar-refractivity contribution < 1.29 is 4.74 Å². The van der Waals surface area contributed by atoms with Gasteiger partial charge >= 0.3 is 0 Å². The standard InChI is InChI=1S/C12H25NO/c1-4-11(2)9-12(5-6-12)10-13-7-8-14-3/h11,13H,4-10H2,1-3H3. The van der Waals surface area contributed by atoms with E-state index in [2.05, 4.69) is 19.2 Å². The zero-order valence-corrected chi connectivity index (χ0v) is 9.94. The van der Waals surface area contributed by atoms with E-state index in [0.29, 0.717) is 5.41 Å². The van der Waals surface area contributed by atoms with E-state index in [4.69, 9.17) is 4.74 Å². The van der Waals surface area contributed by atoms with Crippen LogP contribution in [0.25, 0.3) is 0 Å². The first-order valence-corrected chi connectivity index (χ1v) is 5.92. The van der Waals surface area contributed by atoms with E-state index in [1.165, 1.54) is 32.2 Å². The second-order valence-electron chi connectivity index (χ2n) is 4.89. The Balaban J connectivity index is 2.09. The molecule has 1 N–H and O–H groups in total. The van der Waals surface area contributed by atoms with Crippen LogP contribution in [0.1, 0.15) is 39.5 Å². The van der Waals surface area contributed by atoms with Gasteiger partial charge in [0.1, 0.15) is 0 Å². The highest BCUT2D eigenvalue weighted by atomic mass is 16.5. The molecule has 0 radical (unpaired) electrons. The Labute approximate surface area is 88.4 Å². The summed E-state index contributed by atoms with van der Waals surface area (Å²) in [6.07, 6.45) is 5.58. The third kappa shape index (κ3) is 3.97. The third-order valence-electron chi connectivity index (χ3n) is 3.42. The molecule has 0 amide bonds. The van der Waals surface area contributed by atoms with Crippen LogP contribution in [0.3, 0.4) is 0 Å². The fourth-order valence-corrected chi connectivity index (χ4v) is 2.04. The molecule has 0 heterocycles. The van der Waals surface area contributed by atoms with E-state index in [1.54, 1.807) is 7.11 Å². The van der Waals surface area contributed by atoms with E-state index in [-0.39, 0.29) is 0 Å². The Bertz CT molecular complexity index is 154. The predicted molar refractivity (Wildman–Crippen MR) is 60.5 cm³/mol. The largest absolute Gasteiger partial charge is 0.383 e. The van der Waals surface area contributed by atoms with Crippen molar-refractivity contribution in [1.29, 1.82) is 0 Å². The van der Waals surface area contributed by atoms with Crippen LogP contribution in [0.5, 0.6) is 0 Å². The lowest BCUT2D eigenvalue weighted by molar-refractivity contribution is 0.196. The summed E-state index contributed by atoms with van der Waals surface area (Å²) in [6, 6.07) is 0. The minimum absolute atomic E-state index is 0.656. The summed E-state index contributed by atoms with van der Waals surface area (Å²) in [4.78, 5) is 0. The number of hydrogen-bond donors (Lipinski definition) is 1. The smallest absolute Gasteiger partial charge is 0.0587 e. The van der Waals surface area contributed by atoms with Gasteiger partial charge in [-0.3, -0.25) is 0 Å². The molecule has 0 aliphatic heterocycles. The van der Waals surface area contributed by atoms with Crippen molar-refractivity contribution in [2.75, 3.05) is 26.8 Å². The molecule has 0 aromatic carbocycles. The highest BCUT2D eigenvalue weighted by Gasteiger charge is 2.42. The molecule has 1 aliphatic carbocycles. The van der Waals surface area contributed by atoms with Crippen molar-refractivity contribution >= 4 is 0 Å². The van der Waals surface area contributed by atoms with Crippen molar-refractivity contribution in [3.8, 4) is 0 Å². The SMILES string of the molecule is CCC(C)CC1(CNCCOC)CC1. The number of nitrogens with one attached hydrogen (secondary N) is 1. The fraction of sp³-hybridized carbons (Fsp3) is 1.00. The molecule has 0 aromatic rings. The average molecular weight is 199 g/mol. The molecule has 0 aromatic heterocycles. The first-order valence-electron chi connectivity index (χ1n) is 5.92. The van der Waals surface area contributed by atoms with Crippen molar-refractivity contribution in [2.45, 2.75) is 39.5 Å². The van der Waals surface area contributed by atoms with Gasteiger partial charge in [0.15, 0.2) is 0 Å². The maximum absolute atomic E-state index is 5.02. The molecule has 84 valence electrons. The van der Waals surface area contributed by atoms with Gasteiger partial charge in [-0.2, -0.15) is 0 Å². The molecule has 14 heavy (non-hydrogen) atoms. The maximum atomic E-state index is 5.02. The van der Waals surface area contributed by atoms with Gasteiger partial charge in [0.05, 0.1) is 6.61 Å². The zero-order valence-electron chi connectivity index (χ0n) is 9.94. The van der Waals surface area contributed by atoms with Gasteiger partial charge in [0.2, 0.25) is 0 Å². The van der Waals surface area contributed by atoms with E-state index >= 15 is 0 Å². The van der Waals surface area contributed by atoms with Crippen LogP contribution in [-0.4, -0.2) is 26.8 Å². The van der Waals surface area contributed by atoms with Crippen LogP contribution in [0.4, 0.5) is 0 Å². The van der Waals surface area contributed by atoms with E-state index in [0.717, 1.165) is 19.1 Å². The predicted octanol–water partition coefficient (Wildman–Crippen LogP) is 2.44. The fourth-order valence-electron chi connectivity index (χ4n) is 2.04. The minimum Gasteiger partial charge on any atom is -0.383 e. The highest BCUT2D eigenvalue weighted by Crippen LogP contribution is 2.50. The topological polar surface area (TPSA) is 21.3 Å². The van der Waals surface area contributed by atoms with Gasteiger partial charge in [0.25, 0.3) is 0 Å². The van der Waals surface area contributed by atoms with Crippen LogP contribution in [0, 0.1) is 11.3 Å². The lowest BCUT2D eigenvalue weighted by atomic mass is 9.91. The third-order valence-corrected chi connectivity index (χ3v) is 3.42. The number of ether oxygens (including phenoxy) is 1. The van der Waals surface area contributed by atoms with Crippen LogP contribution >= 0.6 is 0 Å². The van der Waals surface area contributed by atoms with Gasteiger partial charge < -0.3 is 10.1 Å². The monoisotopic (exact) mass is 199 g/mol. The lowest BCUT2D eigenvalue weighted by Crippen LogP contribution is -2.28. The van der Waals surface area contributed by atoms with Crippen molar-refractivity contribution in [2.24, 2.45) is 11.3 Å². The molecule has 0 bridgehead atoms. The average Bonchev–Trinajstić information content (AvgIpc) is 2.93. The van der Waals surface area contributed by atoms with E-state index < -0.39 is 0 Å². The maximum Gasteiger partial charge on any atom is 0.0587 e. The highest BCUT2D eigenvalue weighted by molar-refractivity contribution is 4.95. The Hall–Kier alpha value is -0.0800. The van der Waals surface area contributed by atoms with Gasteiger partial charge in [-0.15, -0.1) is 0 Å². The van der Waals surface area contributed by atoms with Crippen LogP contribution in [0.2, 0.25) is 0 Å². The minimum atomic E-state index is 0.656. The summed E-state index contributed by atoms with van der Waals surface area (Å²) in [5.74, 6) is 0.890.